The van der Waals surface area contributed by atoms with E-state index in [9.17, 15) is 13.5 Å². The van der Waals surface area contributed by atoms with Crippen molar-refractivity contribution in [2.24, 2.45) is 0 Å². The summed E-state index contributed by atoms with van der Waals surface area (Å²) in [4.78, 5) is 1.50. The van der Waals surface area contributed by atoms with E-state index in [-0.39, 0.29) is 0 Å². The predicted octanol–water partition coefficient (Wildman–Crippen LogP) is 0.708. The van der Waals surface area contributed by atoms with Crippen molar-refractivity contribution in [1.82, 2.24) is 4.31 Å². The van der Waals surface area contributed by atoms with Crippen LogP contribution in [0, 0.1) is 0 Å². The Hall–Kier alpha value is -1.93. The predicted molar refractivity (Wildman–Crippen MR) is 103 cm³/mol. The lowest BCUT2D eigenvalue weighted by Gasteiger charge is -2.32. The number of piperazine rings is 1. The molecule has 1 fully saturated rings. The second-order valence-electron chi connectivity index (χ2n) is 6.69. The fraction of sp³-hybridized carbons (Fsp3) is 0.400. The zero-order valence-electron chi connectivity index (χ0n) is 15.5. The normalized spacial score (nSPS) is 17.6. The van der Waals surface area contributed by atoms with Gasteiger partial charge < -0.3 is 14.7 Å². The van der Waals surface area contributed by atoms with Gasteiger partial charge in [-0.25, -0.2) is 8.42 Å². The van der Waals surface area contributed by atoms with Gasteiger partial charge in [0.1, 0.15) is 18.4 Å². The van der Waals surface area contributed by atoms with Gasteiger partial charge in [0.2, 0.25) is 10.0 Å². The molecule has 2 aromatic carbocycles. The van der Waals surface area contributed by atoms with Gasteiger partial charge in [-0.05, 0) is 36.8 Å². The second-order valence-corrected chi connectivity index (χ2v) is 8.63. The third-order valence-electron chi connectivity index (χ3n) is 4.87. The van der Waals surface area contributed by atoms with Gasteiger partial charge in [0, 0.05) is 0 Å². The van der Waals surface area contributed by atoms with Crippen molar-refractivity contribution >= 4 is 10.0 Å². The molecule has 146 valence electrons. The van der Waals surface area contributed by atoms with Crippen LogP contribution < -0.4 is 9.64 Å². The maximum atomic E-state index is 12.8. The number of nitrogens with zero attached hydrogens (tertiary/aromatic N) is 1. The van der Waals surface area contributed by atoms with Crippen LogP contribution in [0.3, 0.4) is 0 Å². The van der Waals surface area contributed by atoms with E-state index in [1.54, 1.807) is 24.3 Å². The highest BCUT2D eigenvalue weighted by atomic mass is 32.2. The van der Waals surface area contributed by atoms with Crippen molar-refractivity contribution in [3.8, 4) is 5.75 Å². The van der Waals surface area contributed by atoms with E-state index in [4.69, 9.17) is 4.74 Å². The summed E-state index contributed by atoms with van der Waals surface area (Å²) in [6.07, 6.45) is -0.532. The summed E-state index contributed by atoms with van der Waals surface area (Å²) in [5.41, 5.74) is 0.898. The molecule has 0 aromatic heterocycles. The lowest BCUT2D eigenvalue weighted by molar-refractivity contribution is -0.907. The van der Waals surface area contributed by atoms with Crippen LogP contribution in [-0.2, 0) is 10.0 Å². The first kappa shape index (κ1) is 19.8. The minimum absolute atomic E-state index is 0.290. The topological polar surface area (TPSA) is 71.3 Å². The van der Waals surface area contributed by atoms with Crippen molar-refractivity contribution in [2.75, 3.05) is 39.3 Å². The molecule has 0 spiro atoms. The van der Waals surface area contributed by atoms with E-state index in [1.807, 2.05) is 37.3 Å². The third kappa shape index (κ3) is 4.87. The fourth-order valence-corrected chi connectivity index (χ4v) is 4.78. The van der Waals surface area contributed by atoms with Gasteiger partial charge in [-0.2, -0.15) is 4.31 Å². The zero-order chi connectivity index (χ0) is 19.3. The number of aliphatic hydroxyl groups excluding tert-OH is 1. The van der Waals surface area contributed by atoms with Gasteiger partial charge in [-0.3, -0.25) is 0 Å². The summed E-state index contributed by atoms with van der Waals surface area (Å²) in [5, 5.41) is 10.4. The fourth-order valence-electron chi connectivity index (χ4n) is 3.34. The molecule has 1 aliphatic rings. The Labute approximate surface area is 161 Å². The highest BCUT2D eigenvalue weighted by Crippen LogP contribution is 2.19. The van der Waals surface area contributed by atoms with E-state index in [2.05, 4.69) is 0 Å². The quantitative estimate of drug-likeness (QED) is 0.729. The molecule has 1 atom stereocenters. The number of quaternary nitrogens is 1. The molecule has 0 saturated carbocycles. The van der Waals surface area contributed by atoms with Gasteiger partial charge in [0.05, 0.1) is 37.7 Å². The van der Waals surface area contributed by atoms with Crippen LogP contribution in [0.4, 0.5) is 0 Å². The molecule has 7 heteroatoms. The maximum absolute atomic E-state index is 12.8. The Morgan fingerprint density at radius 2 is 1.70 bits per heavy atom. The summed E-state index contributed by atoms with van der Waals surface area (Å²) in [5.74, 6) is 0.667. The molecule has 3 rings (SSSR count). The van der Waals surface area contributed by atoms with Gasteiger partial charge in [0.15, 0.2) is 0 Å². The Bertz CT molecular complexity index is 817. The smallest absolute Gasteiger partial charge is 0.243 e. The molecule has 2 N–H and O–H groups in total. The zero-order valence-corrected chi connectivity index (χ0v) is 16.4. The first-order valence-electron chi connectivity index (χ1n) is 9.30. The maximum Gasteiger partial charge on any atom is 0.243 e. The number of hydrogen-bond donors (Lipinski definition) is 2. The summed E-state index contributed by atoms with van der Waals surface area (Å²) in [6, 6.07) is 16.1. The van der Waals surface area contributed by atoms with Crippen molar-refractivity contribution < 1.29 is 23.2 Å². The van der Waals surface area contributed by atoms with Crippen LogP contribution in [0.5, 0.6) is 5.75 Å². The number of sulfonamides is 1. The van der Waals surface area contributed by atoms with Crippen LogP contribution in [0.25, 0.3) is 0 Å². The first-order valence-corrected chi connectivity index (χ1v) is 10.7. The highest BCUT2D eigenvalue weighted by molar-refractivity contribution is 7.89. The molecule has 0 radical (unpaired) electrons. The molecule has 6 nitrogen and oxygen atoms in total. The Balaban J connectivity index is 1.57. The second kappa shape index (κ2) is 8.84. The molecule has 0 bridgehead atoms. The molecule has 0 aliphatic carbocycles. The summed E-state index contributed by atoms with van der Waals surface area (Å²) in [6.45, 7) is 5.28. The SMILES string of the molecule is CCOc1ccc(S(=O)(=O)N2CC[NH+](C[C@@H](O)c3ccccc3)CC2)cc1. The van der Waals surface area contributed by atoms with Crippen molar-refractivity contribution in [1.29, 1.82) is 0 Å². The van der Waals surface area contributed by atoms with Gasteiger partial charge in [0.25, 0.3) is 0 Å². The summed E-state index contributed by atoms with van der Waals surface area (Å²) >= 11 is 0. The number of benzene rings is 2. The molecule has 1 heterocycles. The van der Waals surface area contributed by atoms with Crippen LogP contribution in [0.1, 0.15) is 18.6 Å². The molecule has 0 unspecified atom stereocenters. The van der Waals surface area contributed by atoms with Crippen LogP contribution in [0.15, 0.2) is 59.5 Å². The molecule has 1 saturated heterocycles. The van der Waals surface area contributed by atoms with Crippen LogP contribution in [-0.4, -0.2) is 57.2 Å². The Morgan fingerprint density at radius 1 is 1.07 bits per heavy atom. The molecule has 27 heavy (non-hydrogen) atoms. The van der Waals surface area contributed by atoms with E-state index < -0.39 is 16.1 Å². The third-order valence-corrected chi connectivity index (χ3v) is 6.78. The Kier molecular flexibility index (Phi) is 6.49. The summed E-state index contributed by atoms with van der Waals surface area (Å²) < 4.78 is 32.6. The first-order chi connectivity index (χ1) is 13.0. The largest absolute Gasteiger partial charge is 0.494 e. The number of rotatable bonds is 7. The minimum Gasteiger partial charge on any atom is -0.494 e. The Morgan fingerprint density at radius 3 is 2.30 bits per heavy atom. The average Bonchev–Trinajstić information content (AvgIpc) is 2.70. The van der Waals surface area contributed by atoms with Gasteiger partial charge in [-0.15, -0.1) is 0 Å². The molecular weight excluding hydrogens is 364 g/mol. The number of aliphatic hydroxyl groups is 1. The van der Waals surface area contributed by atoms with E-state index in [1.165, 1.54) is 9.21 Å². The van der Waals surface area contributed by atoms with Crippen LogP contribution >= 0.6 is 0 Å². The lowest BCUT2D eigenvalue weighted by Crippen LogP contribution is -3.15. The number of ether oxygens (including phenoxy) is 1. The van der Waals surface area contributed by atoms with Gasteiger partial charge in [-0.1, -0.05) is 30.3 Å². The minimum atomic E-state index is -3.50. The van der Waals surface area contributed by atoms with Crippen LogP contribution in [0.2, 0.25) is 0 Å². The van der Waals surface area contributed by atoms with E-state index in [0.717, 1.165) is 5.56 Å². The molecular formula is C20H27N2O4S+. The van der Waals surface area contributed by atoms with E-state index in [0.29, 0.717) is 50.0 Å². The summed E-state index contributed by atoms with van der Waals surface area (Å²) in [7, 11) is -3.50. The molecule has 1 aliphatic heterocycles. The lowest BCUT2D eigenvalue weighted by atomic mass is 10.1. The number of hydrogen-bond acceptors (Lipinski definition) is 4. The molecule has 2 aromatic rings. The highest BCUT2D eigenvalue weighted by Gasteiger charge is 2.31. The van der Waals surface area contributed by atoms with Gasteiger partial charge >= 0.3 is 0 Å². The van der Waals surface area contributed by atoms with Crippen molar-refractivity contribution in [2.45, 2.75) is 17.9 Å². The molecule has 0 amide bonds. The standard InChI is InChI=1S/C20H26N2O4S/c1-2-26-18-8-10-19(11-9-18)27(24,25)22-14-12-21(13-15-22)16-20(23)17-6-4-3-5-7-17/h3-11,20,23H,2,12-16H2,1H3/p+1/t20-/m1/s1. The van der Waals surface area contributed by atoms with E-state index >= 15 is 0 Å². The number of nitrogens with one attached hydrogen (secondary N) is 1. The average molecular weight is 392 g/mol. The van der Waals surface area contributed by atoms with Crippen molar-refractivity contribution in [3.05, 3.63) is 60.2 Å². The monoisotopic (exact) mass is 391 g/mol. The van der Waals surface area contributed by atoms with Crippen molar-refractivity contribution in [3.63, 3.8) is 0 Å².